The number of ether oxygens (including phenoxy) is 1. The molecule has 0 aliphatic carbocycles. The summed E-state index contributed by atoms with van der Waals surface area (Å²) >= 11 is 0. The summed E-state index contributed by atoms with van der Waals surface area (Å²) in [6, 6.07) is 9.34. The third-order valence-corrected chi connectivity index (χ3v) is 2.97. The highest BCUT2D eigenvalue weighted by atomic mass is 19.1. The minimum Gasteiger partial charge on any atom is -0.495 e. The van der Waals surface area contributed by atoms with E-state index in [9.17, 15) is 18.4 Å². The number of hydrogen-bond donors (Lipinski definition) is 2. The van der Waals surface area contributed by atoms with Gasteiger partial charge in [0, 0.05) is 6.07 Å². The molecule has 0 fully saturated rings. The Morgan fingerprint density at radius 1 is 1.13 bits per heavy atom. The lowest BCUT2D eigenvalue weighted by atomic mass is 10.2. The molecule has 0 heterocycles. The van der Waals surface area contributed by atoms with Crippen LogP contribution in [0.1, 0.15) is 10.4 Å². The minimum absolute atomic E-state index is 0.337. The van der Waals surface area contributed by atoms with Crippen molar-refractivity contribution in [2.75, 3.05) is 19.0 Å². The summed E-state index contributed by atoms with van der Waals surface area (Å²) in [7, 11) is 1.46. The smallest absolute Gasteiger partial charge is 0.254 e. The van der Waals surface area contributed by atoms with Gasteiger partial charge in [0.25, 0.3) is 5.91 Å². The molecule has 2 rings (SSSR count). The van der Waals surface area contributed by atoms with Crippen molar-refractivity contribution < 1.29 is 23.1 Å². The van der Waals surface area contributed by atoms with Crippen LogP contribution in [-0.4, -0.2) is 25.5 Å². The SMILES string of the molecule is COc1ccccc1NC(=O)CNC(=O)c1ccc(F)cc1F. The van der Waals surface area contributed by atoms with E-state index < -0.39 is 23.4 Å². The van der Waals surface area contributed by atoms with Crippen LogP contribution in [0.2, 0.25) is 0 Å². The number of halogens is 2. The highest BCUT2D eigenvalue weighted by Crippen LogP contribution is 2.22. The third kappa shape index (κ3) is 4.26. The van der Waals surface area contributed by atoms with E-state index >= 15 is 0 Å². The summed E-state index contributed by atoms with van der Waals surface area (Å²) in [5.41, 5.74) is 0.110. The number of amides is 2. The Hall–Kier alpha value is -2.96. The van der Waals surface area contributed by atoms with Crippen molar-refractivity contribution in [3.8, 4) is 5.75 Å². The van der Waals surface area contributed by atoms with Gasteiger partial charge < -0.3 is 15.4 Å². The standard InChI is InChI=1S/C16H14F2N2O3/c1-23-14-5-3-2-4-13(14)20-15(21)9-19-16(22)11-7-6-10(17)8-12(11)18/h2-8H,9H2,1H3,(H,19,22)(H,20,21). The molecule has 2 aromatic carbocycles. The Bertz CT molecular complexity index is 735. The largest absolute Gasteiger partial charge is 0.495 e. The third-order valence-electron chi connectivity index (χ3n) is 2.97. The molecule has 120 valence electrons. The molecular weight excluding hydrogens is 306 g/mol. The van der Waals surface area contributed by atoms with E-state index in [2.05, 4.69) is 10.6 Å². The van der Waals surface area contributed by atoms with E-state index in [0.29, 0.717) is 17.5 Å². The van der Waals surface area contributed by atoms with Gasteiger partial charge in [-0.05, 0) is 24.3 Å². The molecule has 2 aromatic rings. The highest BCUT2D eigenvalue weighted by molar-refractivity contribution is 5.99. The number of methoxy groups -OCH3 is 1. The molecule has 7 heteroatoms. The van der Waals surface area contributed by atoms with Gasteiger partial charge in [-0.1, -0.05) is 12.1 Å². The fraction of sp³-hybridized carbons (Fsp3) is 0.125. The summed E-state index contributed by atoms with van der Waals surface area (Å²) in [5.74, 6) is -2.62. The maximum atomic E-state index is 13.5. The molecular formula is C16H14F2N2O3. The van der Waals surface area contributed by atoms with E-state index in [1.807, 2.05) is 0 Å². The van der Waals surface area contributed by atoms with Crippen LogP contribution in [0.4, 0.5) is 14.5 Å². The summed E-state index contributed by atoms with van der Waals surface area (Å²) in [6.07, 6.45) is 0. The Morgan fingerprint density at radius 3 is 2.57 bits per heavy atom. The number of anilines is 1. The van der Waals surface area contributed by atoms with Crippen LogP contribution >= 0.6 is 0 Å². The van der Waals surface area contributed by atoms with Crippen molar-refractivity contribution in [2.24, 2.45) is 0 Å². The molecule has 2 amide bonds. The normalized spacial score (nSPS) is 10.0. The molecule has 0 unspecified atom stereocenters. The molecule has 0 radical (unpaired) electrons. The predicted octanol–water partition coefficient (Wildman–Crippen LogP) is 2.34. The number of benzene rings is 2. The maximum absolute atomic E-state index is 13.5. The lowest BCUT2D eigenvalue weighted by molar-refractivity contribution is -0.115. The first-order valence-corrected chi connectivity index (χ1v) is 6.67. The molecule has 0 bridgehead atoms. The maximum Gasteiger partial charge on any atom is 0.254 e. The van der Waals surface area contributed by atoms with Gasteiger partial charge in [-0.25, -0.2) is 8.78 Å². The second-order valence-electron chi connectivity index (χ2n) is 4.56. The molecule has 23 heavy (non-hydrogen) atoms. The van der Waals surface area contributed by atoms with Gasteiger partial charge in [0.1, 0.15) is 17.4 Å². The second kappa shape index (κ2) is 7.35. The van der Waals surface area contributed by atoms with Gasteiger partial charge in [0.2, 0.25) is 5.91 Å². The number of nitrogens with one attached hydrogen (secondary N) is 2. The van der Waals surface area contributed by atoms with Crippen molar-refractivity contribution in [3.63, 3.8) is 0 Å². The Labute approximate surface area is 131 Å². The van der Waals surface area contributed by atoms with E-state index in [0.717, 1.165) is 12.1 Å². The average Bonchev–Trinajstić information content (AvgIpc) is 2.53. The fourth-order valence-electron chi connectivity index (χ4n) is 1.87. The van der Waals surface area contributed by atoms with E-state index in [4.69, 9.17) is 4.74 Å². The van der Waals surface area contributed by atoms with Crippen LogP contribution in [0.25, 0.3) is 0 Å². The number of carbonyl (C=O) groups excluding carboxylic acids is 2. The van der Waals surface area contributed by atoms with Crippen molar-refractivity contribution in [1.29, 1.82) is 0 Å². The number of hydrogen-bond acceptors (Lipinski definition) is 3. The van der Waals surface area contributed by atoms with E-state index in [-0.39, 0.29) is 12.1 Å². The zero-order valence-electron chi connectivity index (χ0n) is 12.2. The predicted molar refractivity (Wildman–Crippen MR) is 80.3 cm³/mol. The molecule has 0 atom stereocenters. The van der Waals surface area contributed by atoms with Crippen molar-refractivity contribution in [3.05, 3.63) is 59.7 Å². The van der Waals surface area contributed by atoms with Gasteiger partial charge in [-0.15, -0.1) is 0 Å². The molecule has 0 aliphatic heterocycles. The van der Waals surface area contributed by atoms with Crippen molar-refractivity contribution in [1.82, 2.24) is 5.32 Å². The zero-order valence-corrected chi connectivity index (χ0v) is 12.2. The highest BCUT2D eigenvalue weighted by Gasteiger charge is 2.14. The topological polar surface area (TPSA) is 67.4 Å². The molecule has 2 N–H and O–H groups in total. The summed E-state index contributed by atoms with van der Waals surface area (Å²) in [5, 5.41) is 4.82. The first-order valence-electron chi connectivity index (χ1n) is 6.67. The van der Waals surface area contributed by atoms with Gasteiger partial charge in [-0.2, -0.15) is 0 Å². The lowest BCUT2D eigenvalue weighted by Crippen LogP contribution is -2.33. The molecule has 0 spiro atoms. The molecule has 5 nitrogen and oxygen atoms in total. The second-order valence-corrected chi connectivity index (χ2v) is 4.56. The molecule has 0 aliphatic rings. The molecule has 0 saturated heterocycles. The molecule has 0 aromatic heterocycles. The van der Waals surface area contributed by atoms with Crippen molar-refractivity contribution >= 4 is 17.5 Å². The van der Waals surface area contributed by atoms with Crippen LogP contribution in [-0.2, 0) is 4.79 Å². The lowest BCUT2D eigenvalue weighted by Gasteiger charge is -2.10. The summed E-state index contributed by atoms with van der Waals surface area (Å²) in [4.78, 5) is 23.6. The average molecular weight is 320 g/mol. The van der Waals surface area contributed by atoms with Gasteiger partial charge in [0.15, 0.2) is 0 Å². The van der Waals surface area contributed by atoms with Crippen LogP contribution in [0.15, 0.2) is 42.5 Å². The Balaban J connectivity index is 1.95. The Kier molecular flexibility index (Phi) is 5.24. The van der Waals surface area contributed by atoms with Gasteiger partial charge in [-0.3, -0.25) is 9.59 Å². The minimum atomic E-state index is -0.993. The Morgan fingerprint density at radius 2 is 1.87 bits per heavy atom. The number of carbonyl (C=O) groups is 2. The van der Waals surface area contributed by atoms with E-state index in [1.165, 1.54) is 7.11 Å². The van der Waals surface area contributed by atoms with Crippen LogP contribution in [0, 0.1) is 11.6 Å². The zero-order chi connectivity index (χ0) is 16.8. The molecule has 0 saturated carbocycles. The number of rotatable bonds is 5. The summed E-state index contributed by atoms with van der Waals surface area (Å²) in [6.45, 7) is -0.367. The monoisotopic (exact) mass is 320 g/mol. The first kappa shape index (κ1) is 16.4. The fourth-order valence-corrected chi connectivity index (χ4v) is 1.87. The van der Waals surface area contributed by atoms with Crippen molar-refractivity contribution in [2.45, 2.75) is 0 Å². The van der Waals surface area contributed by atoms with Crippen LogP contribution < -0.4 is 15.4 Å². The van der Waals surface area contributed by atoms with Gasteiger partial charge in [0.05, 0.1) is 24.9 Å². The number of para-hydroxylation sites is 2. The van der Waals surface area contributed by atoms with Crippen LogP contribution in [0.3, 0.4) is 0 Å². The summed E-state index contributed by atoms with van der Waals surface area (Å²) < 4.78 is 31.3. The van der Waals surface area contributed by atoms with Crippen LogP contribution in [0.5, 0.6) is 5.75 Å². The quantitative estimate of drug-likeness (QED) is 0.888. The van der Waals surface area contributed by atoms with E-state index in [1.54, 1.807) is 24.3 Å². The van der Waals surface area contributed by atoms with Gasteiger partial charge >= 0.3 is 0 Å². The first-order chi connectivity index (χ1) is 11.0.